The van der Waals surface area contributed by atoms with Crippen LogP contribution in [-0.2, 0) is 0 Å². The number of fused-ring (bicyclic) bond motifs is 3. The third-order valence-corrected chi connectivity index (χ3v) is 4.99. The number of nitrogens with zero attached hydrogens (tertiary/aromatic N) is 1. The van der Waals surface area contributed by atoms with E-state index in [1.54, 1.807) is 0 Å². The molecule has 0 saturated carbocycles. The Labute approximate surface area is 125 Å². The summed E-state index contributed by atoms with van der Waals surface area (Å²) < 4.78 is 11.1. The predicted octanol–water partition coefficient (Wildman–Crippen LogP) is 2.86. The number of hydrogen-bond donors (Lipinski definition) is 0. The third kappa shape index (κ3) is 2.17. The van der Waals surface area contributed by atoms with Crippen LogP contribution in [-0.4, -0.2) is 36.1 Å². The maximum absolute atomic E-state index is 12.9. The molecule has 4 heteroatoms. The molecule has 3 atom stereocenters. The molecule has 2 fully saturated rings. The molecule has 1 aromatic rings. The normalized spacial score (nSPS) is 30.3. The summed E-state index contributed by atoms with van der Waals surface area (Å²) in [6.45, 7) is 3.43. The molecule has 3 heterocycles. The van der Waals surface area contributed by atoms with Crippen molar-refractivity contribution in [3.63, 3.8) is 0 Å². The minimum absolute atomic E-state index is 0.159. The topological polar surface area (TPSA) is 38.8 Å². The summed E-state index contributed by atoms with van der Waals surface area (Å²) in [5, 5.41) is 0. The van der Waals surface area contributed by atoms with Gasteiger partial charge in [-0.1, -0.05) is 6.92 Å². The van der Waals surface area contributed by atoms with E-state index < -0.39 is 0 Å². The zero-order chi connectivity index (χ0) is 14.4. The molecule has 3 aliphatic rings. The lowest BCUT2D eigenvalue weighted by Gasteiger charge is -2.38. The largest absolute Gasteiger partial charge is 0.486 e. The highest BCUT2D eigenvalue weighted by atomic mass is 16.6. The van der Waals surface area contributed by atoms with Gasteiger partial charge >= 0.3 is 0 Å². The van der Waals surface area contributed by atoms with Crippen molar-refractivity contribution in [3.05, 3.63) is 23.8 Å². The first-order chi connectivity index (χ1) is 10.2. The van der Waals surface area contributed by atoms with Crippen LogP contribution in [0.3, 0.4) is 0 Å². The van der Waals surface area contributed by atoms with Crippen molar-refractivity contribution in [2.75, 3.05) is 13.2 Å². The molecule has 4 nitrogen and oxygen atoms in total. The van der Waals surface area contributed by atoms with Gasteiger partial charge in [0.1, 0.15) is 13.2 Å². The van der Waals surface area contributed by atoms with Gasteiger partial charge in [-0.15, -0.1) is 0 Å². The number of carbonyl (C=O) groups is 1. The van der Waals surface area contributed by atoms with Crippen LogP contribution in [0.15, 0.2) is 18.2 Å². The highest BCUT2D eigenvalue weighted by Gasteiger charge is 2.42. The van der Waals surface area contributed by atoms with Gasteiger partial charge in [-0.2, -0.15) is 0 Å². The molecule has 112 valence electrons. The lowest BCUT2D eigenvalue weighted by molar-refractivity contribution is 0.0537. The average molecular weight is 287 g/mol. The second-order valence-corrected chi connectivity index (χ2v) is 6.53. The number of ether oxygens (including phenoxy) is 2. The SMILES string of the molecule is CC1C[C@H]2CC[C@@H](C1)N2C(=O)c1ccc2c(c1)OCCO2. The van der Waals surface area contributed by atoms with Crippen LogP contribution in [0.1, 0.15) is 43.0 Å². The number of amides is 1. The second kappa shape index (κ2) is 4.93. The minimum Gasteiger partial charge on any atom is -0.486 e. The molecule has 3 aliphatic heterocycles. The van der Waals surface area contributed by atoms with Gasteiger partial charge < -0.3 is 14.4 Å². The average Bonchev–Trinajstić information content (AvgIpc) is 2.78. The molecular weight excluding hydrogens is 266 g/mol. The highest BCUT2D eigenvalue weighted by molar-refractivity contribution is 5.95. The molecule has 4 rings (SSSR count). The lowest BCUT2D eigenvalue weighted by atomic mass is 9.92. The van der Waals surface area contributed by atoms with Crippen LogP contribution < -0.4 is 9.47 Å². The third-order valence-electron chi connectivity index (χ3n) is 4.99. The number of carbonyl (C=O) groups excluding carboxylic acids is 1. The van der Waals surface area contributed by atoms with Crippen LogP contribution in [0, 0.1) is 5.92 Å². The van der Waals surface area contributed by atoms with Gasteiger partial charge in [0.25, 0.3) is 5.91 Å². The van der Waals surface area contributed by atoms with Crippen molar-refractivity contribution in [3.8, 4) is 11.5 Å². The fourth-order valence-electron chi connectivity index (χ4n) is 4.11. The molecule has 1 unspecified atom stereocenters. The van der Waals surface area contributed by atoms with Gasteiger partial charge in [-0.3, -0.25) is 4.79 Å². The Morgan fingerprint density at radius 2 is 1.76 bits per heavy atom. The van der Waals surface area contributed by atoms with E-state index in [0.717, 1.165) is 42.9 Å². The Balaban J connectivity index is 1.60. The van der Waals surface area contributed by atoms with E-state index in [1.807, 2.05) is 18.2 Å². The summed E-state index contributed by atoms with van der Waals surface area (Å²) in [7, 11) is 0. The van der Waals surface area contributed by atoms with Gasteiger partial charge in [-0.05, 0) is 49.8 Å². The Kier molecular flexibility index (Phi) is 3.05. The molecule has 1 amide bonds. The van der Waals surface area contributed by atoms with E-state index >= 15 is 0 Å². The van der Waals surface area contributed by atoms with Crippen LogP contribution in [0.2, 0.25) is 0 Å². The predicted molar refractivity (Wildman–Crippen MR) is 78.8 cm³/mol. The van der Waals surface area contributed by atoms with Gasteiger partial charge in [0.2, 0.25) is 0 Å². The smallest absolute Gasteiger partial charge is 0.254 e. The van der Waals surface area contributed by atoms with E-state index in [2.05, 4.69) is 11.8 Å². The molecule has 0 radical (unpaired) electrons. The molecule has 1 aromatic carbocycles. The Bertz CT molecular complexity index is 557. The van der Waals surface area contributed by atoms with E-state index in [-0.39, 0.29) is 5.91 Å². The zero-order valence-corrected chi connectivity index (χ0v) is 12.4. The number of hydrogen-bond acceptors (Lipinski definition) is 3. The summed E-state index contributed by atoms with van der Waals surface area (Å²) in [4.78, 5) is 15.0. The summed E-state index contributed by atoms with van der Waals surface area (Å²) in [5.41, 5.74) is 0.728. The van der Waals surface area contributed by atoms with Crippen molar-refractivity contribution in [2.45, 2.75) is 44.7 Å². The number of benzene rings is 1. The standard InChI is InChI=1S/C17H21NO3/c1-11-8-13-3-4-14(9-11)18(13)17(19)12-2-5-15-16(10-12)21-7-6-20-15/h2,5,10-11,13-14H,3-4,6-9H2,1H3/t11?,13-,14+. The monoisotopic (exact) mass is 287 g/mol. The minimum atomic E-state index is 0.159. The molecule has 0 aliphatic carbocycles. The highest BCUT2D eigenvalue weighted by Crippen LogP contribution is 2.40. The van der Waals surface area contributed by atoms with Gasteiger partial charge in [-0.25, -0.2) is 0 Å². The van der Waals surface area contributed by atoms with E-state index in [9.17, 15) is 4.79 Å². The summed E-state index contributed by atoms with van der Waals surface area (Å²) in [5.74, 6) is 2.34. The Morgan fingerprint density at radius 1 is 1.10 bits per heavy atom. The van der Waals surface area contributed by atoms with Crippen molar-refractivity contribution >= 4 is 5.91 Å². The molecular formula is C17H21NO3. The van der Waals surface area contributed by atoms with Crippen molar-refractivity contribution in [1.29, 1.82) is 0 Å². The molecule has 0 N–H and O–H groups in total. The summed E-state index contributed by atoms with van der Waals surface area (Å²) >= 11 is 0. The molecule has 2 saturated heterocycles. The number of piperidine rings is 1. The van der Waals surface area contributed by atoms with Gasteiger partial charge in [0.05, 0.1) is 0 Å². The van der Waals surface area contributed by atoms with Crippen LogP contribution in [0.4, 0.5) is 0 Å². The van der Waals surface area contributed by atoms with Crippen molar-refractivity contribution < 1.29 is 14.3 Å². The molecule has 0 aromatic heterocycles. The zero-order valence-electron chi connectivity index (χ0n) is 12.4. The quantitative estimate of drug-likeness (QED) is 0.797. The van der Waals surface area contributed by atoms with Crippen LogP contribution in [0.5, 0.6) is 11.5 Å². The van der Waals surface area contributed by atoms with E-state index in [1.165, 1.54) is 0 Å². The first-order valence-electron chi connectivity index (χ1n) is 7.94. The summed E-state index contributed by atoms with van der Waals surface area (Å²) in [6.07, 6.45) is 4.61. The lowest BCUT2D eigenvalue weighted by Crippen LogP contribution is -2.46. The van der Waals surface area contributed by atoms with Gasteiger partial charge in [0, 0.05) is 17.6 Å². The molecule has 0 spiro atoms. The fraction of sp³-hybridized carbons (Fsp3) is 0.588. The molecule has 2 bridgehead atoms. The van der Waals surface area contributed by atoms with Crippen molar-refractivity contribution in [2.24, 2.45) is 5.92 Å². The second-order valence-electron chi connectivity index (χ2n) is 6.53. The van der Waals surface area contributed by atoms with Crippen LogP contribution in [0.25, 0.3) is 0 Å². The fourth-order valence-corrected chi connectivity index (χ4v) is 4.11. The first-order valence-corrected chi connectivity index (χ1v) is 7.94. The van der Waals surface area contributed by atoms with Crippen molar-refractivity contribution in [1.82, 2.24) is 4.90 Å². The van der Waals surface area contributed by atoms with Gasteiger partial charge in [0.15, 0.2) is 11.5 Å². The first kappa shape index (κ1) is 13.0. The molecule has 21 heavy (non-hydrogen) atoms. The summed E-state index contributed by atoms with van der Waals surface area (Å²) in [6, 6.07) is 6.43. The Morgan fingerprint density at radius 3 is 2.48 bits per heavy atom. The Hall–Kier alpha value is -1.71. The number of rotatable bonds is 1. The van der Waals surface area contributed by atoms with E-state index in [0.29, 0.717) is 31.0 Å². The maximum atomic E-state index is 12.9. The maximum Gasteiger partial charge on any atom is 0.254 e. The van der Waals surface area contributed by atoms with E-state index in [4.69, 9.17) is 9.47 Å². The van der Waals surface area contributed by atoms with Crippen LogP contribution >= 0.6 is 0 Å².